The van der Waals surface area contributed by atoms with Crippen molar-refractivity contribution in [2.45, 2.75) is 67.2 Å². The molecule has 1 aliphatic carbocycles. The van der Waals surface area contributed by atoms with Crippen LogP contribution in [0.5, 0.6) is 0 Å². The van der Waals surface area contributed by atoms with Gasteiger partial charge in [-0.05, 0) is 36.5 Å². The van der Waals surface area contributed by atoms with E-state index in [1.165, 1.54) is 25.7 Å². The number of Topliss-reactive ketones (excluding diaryl/α,β-unsaturated/α-hetero) is 1. The SMILES string of the molecule is CCC1C(C)(C)CCCC1(C)C(C)C(C)=O. The zero-order chi connectivity index (χ0) is 12.6. The fourth-order valence-electron chi connectivity index (χ4n) is 4.17. The smallest absolute Gasteiger partial charge is 0.133 e. The van der Waals surface area contributed by atoms with E-state index in [2.05, 4.69) is 34.6 Å². The van der Waals surface area contributed by atoms with Gasteiger partial charge >= 0.3 is 0 Å². The van der Waals surface area contributed by atoms with Crippen LogP contribution in [0, 0.1) is 22.7 Å². The third kappa shape index (κ3) is 2.19. The Labute approximate surface area is 101 Å². The summed E-state index contributed by atoms with van der Waals surface area (Å²) in [5, 5.41) is 0. The highest BCUT2D eigenvalue weighted by molar-refractivity contribution is 5.78. The molecule has 0 amide bonds. The van der Waals surface area contributed by atoms with Gasteiger partial charge in [-0.2, -0.15) is 0 Å². The van der Waals surface area contributed by atoms with Crippen molar-refractivity contribution in [2.75, 3.05) is 0 Å². The predicted octanol–water partition coefficient (Wildman–Crippen LogP) is 4.45. The summed E-state index contributed by atoms with van der Waals surface area (Å²) in [7, 11) is 0. The molecule has 1 aliphatic rings. The lowest BCUT2D eigenvalue weighted by Gasteiger charge is -2.53. The molecule has 3 atom stereocenters. The van der Waals surface area contributed by atoms with Gasteiger partial charge in [0.25, 0.3) is 0 Å². The summed E-state index contributed by atoms with van der Waals surface area (Å²) in [5.74, 6) is 1.24. The van der Waals surface area contributed by atoms with Gasteiger partial charge in [-0.15, -0.1) is 0 Å². The molecule has 0 N–H and O–H groups in total. The first-order valence-corrected chi connectivity index (χ1v) is 6.76. The van der Waals surface area contributed by atoms with E-state index >= 15 is 0 Å². The monoisotopic (exact) mass is 224 g/mol. The summed E-state index contributed by atoms with van der Waals surface area (Å²) in [5.41, 5.74) is 0.605. The van der Waals surface area contributed by atoms with Gasteiger partial charge in [0.15, 0.2) is 0 Å². The summed E-state index contributed by atoms with van der Waals surface area (Å²) in [6, 6.07) is 0. The van der Waals surface area contributed by atoms with Crippen LogP contribution in [0.2, 0.25) is 0 Å². The standard InChI is InChI=1S/C15H28O/c1-7-13-14(4,5)9-8-10-15(13,6)11(2)12(3)16/h11,13H,7-10H2,1-6H3. The number of hydrogen-bond acceptors (Lipinski definition) is 1. The molecule has 1 saturated carbocycles. The summed E-state index contributed by atoms with van der Waals surface area (Å²) in [4.78, 5) is 11.7. The zero-order valence-corrected chi connectivity index (χ0v) is 11.9. The van der Waals surface area contributed by atoms with Crippen LogP contribution in [-0.2, 0) is 4.79 Å². The van der Waals surface area contributed by atoms with Crippen molar-refractivity contribution in [2.24, 2.45) is 22.7 Å². The zero-order valence-electron chi connectivity index (χ0n) is 11.9. The Morgan fingerprint density at radius 2 is 1.88 bits per heavy atom. The minimum absolute atomic E-state index is 0.206. The van der Waals surface area contributed by atoms with Gasteiger partial charge in [0, 0.05) is 5.92 Å². The highest BCUT2D eigenvalue weighted by Gasteiger charge is 2.49. The van der Waals surface area contributed by atoms with E-state index in [1.807, 2.05) is 0 Å². The van der Waals surface area contributed by atoms with Crippen molar-refractivity contribution in [3.05, 3.63) is 0 Å². The minimum Gasteiger partial charge on any atom is -0.300 e. The molecule has 1 rings (SSSR count). The molecular formula is C15H28O. The Kier molecular flexibility index (Phi) is 3.87. The second kappa shape index (κ2) is 4.50. The summed E-state index contributed by atoms with van der Waals surface area (Å²) in [6.45, 7) is 13.3. The molecule has 0 radical (unpaired) electrons. The molecule has 94 valence electrons. The lowest BCUT2D eigenvalue weighted by atomic mass is 9.51. The fraction of sp³-hybridized carbons (Fsp3) is 0.933. The molecular weight excluding hydrogens is 196 g/mol. The number of rotatable bonds is 3. The molecule has 1 heteroatoms. The molecule has 1 nitrogen and oxygen atoms in total. The van der Waals surface area contributed by atoms with Crippen molar-refractivity contribution in [3.8, 4) is 0 Å². The molecule has 0 aromatic carbocycles. The summed E-state index contributed by atoms with van der Waals surface area (Å²) >= 11 is 0. The van der Waals surface area contributed by atoms with Crippen molar-refractivity contribution < 1.29 is 4.79 Å². The lowest BCUT2D eigenvalue weighted by molar-refractivity contribution is -0.130. The number of ketones is 1. The van der Waals surface area contributed by atoms with E-state index in [0.29, 0.717) is 17.1 Å². The van der Waals surface area contributed by atoms with Crippen LogP contribution in [0.4, 0.5) is 0 Å². The Morgan fingerprint density at radius 1 is 1.31 bits per heavy atom. The van der Waals surface area contributed by atoms with E-state index in [0.717, 1.165) is 0 Å². The predicted molar refractivity (Wildman–Crippen MR) is 69.4 cm³/mol. The van der Waals surface area contributed by atoms with Gasteiger partial charge < -0.3 is 0 Å². The van der Waals surface area contributed by atoms with E-state index in [9.17, 15) is 4.79 Å². The highest BCUT2D eigenvalue weighted by atomic mass is 16.1. The maximum Gasteiger partial charge on any atom is 0.133 e. The van der Waals surface area contributed by atoms with Gasteiger partial charge in [0.05, 0.1) is 0 Å². The summed E-state index contributed by atoms with van der Waals surface area (Å²) < 4.78 is 0. The molecule has 0 aliphatic heterocycles. The molecule has 0 spiro atoms. The molecule has 0 aromatic heterocycles. The Hall–Kier alpha value is -0.330. The maximum atomic E-state index is 11.7. The van der Waals surface area contributed by atoms with Crippen molar-refractivity contribution in [3.63, 3.8) is 0 Å². The quantitative estimate of drug-likeness (QED) is 0.692. The minimum atomic E-state index is 0.206. The van der Waals surface area contributed by atoms with Crippen LogP contribution in [0.15, 0.2) is 0 Å². The second-order valence-electron chi connectivity index (χ2n) is 6.64. The molecule has 0 aromatic rings. The average Bonchev–Trinajstić information content (AvgIpc) is 2.15. The molecule has 3 unspecified atom stereocenters. The number of hydrogen-bond donors (Lipinski definition) is 0. The third-order valence-corrected chi connectivity index (χ3v) is 5.28. The van der Waals surface area contributed by atoms with Gasteiger partial charge in [0.1, 0.15) is 5.78 Å². The normalized spacial score (nSPS) is 35.8. The first kappa shape index (κ1) is 13.7. The third-order valence-electron chi connectivity index (χ3n) is 5.28. The Balaban J connectivity index is 3.04. The maximum absolute atomic E-state index is 11.7. The summed E-state index contributed by atoms with van der Waals surface area (Å²) in [6.07, 6.45) is 5.00. The van der Waals surface area contributed by atoms with Gasteiger partial charge in [0.2, 0.25) is 0 Å². The van der Waals surface area contributed by atoms with E-state index < -0.39 is 0 Å². The molecule has 0 bridgehead atoms. The fourth-order valence-corrected chi connectivity index (χ4v) is 4.17. The van der Waals surface area contributed by atoms with Crippen LogP contribution in [0.1, 0.15) is 67.2 Å². The van der Waals surface area contributed by atoms with Gasteiger partial charge in [-0.1, -0.05) is 47.5 Å². The van der Waals surface area contributed by atoms with Crippen molar-refractivity contribution in [1.29, 1.82) is 0 Å². The van der Waals surface area contributed by atoms with E-state index in [4.69, 9.17) is 0 Å². The average molecular weight is 224 g/mol. The van der Waals surface area contributed by atoms with Gasteiger partial charge in [-0.25, -0.2) is 0 Å². The largest absolute Gasteiger partial charge is 0.300 e. The van der Waals surface area contributed by atoms with Crippen molar-refractivity contribution >= 4 is 5.78 Å². The number of carbonyl (C=O) groups excluding carboxylic acids is 1. The molecule has 1 fully saturated rings. The van der Waals surface area contributed by atoms with E-state index in [-0.39, 0.29) is 11.3 Å². The van der Waals surface area contributed by atoms with Crippen LogP contribution < -0.4 is 0 Å². The highest BCUT2D eigenvalue weighted by Crippen LogP contribution is 2.55. The van der Waals surface area contributed by atoms with Crippen molar-refractivity contribution in [1.82, 2.24) is 0 Å². The lowest BCUT2D eigenvalue weighted by Crippen LogP contribution is -2.47. The van der Waals surface area contributed by atoms with E-state index in [1.54, 1.807) is 6.92 Å². The number of carbonyl (C=O) groups is 1. The van der Waals surface area contributed by atoms with Crippen LogP contribution in [0.3, 0.4) is 0 Å². The van der Waals surface area contributed by atoms with Crippen LogP contribution >= 0.6 is 0 Å². The molecule has 16 heavy (non-hydrogen) atoms. The molecule has 0 saturated heterocycles. The molecule has 0 heterocycles. The Bertz CT molecular complexity index is 267. The Morgan fingerprint density at radius 3 is 2.31 bits per heavy atom. The van der Waals surface area contributed by atoms with Gasteiger partial charge in [-0.3, -0.25) is 4.79 Å². The van der Waals surface area contributed by atoms with Crippen LogP contribution in [-0.4, -0.2) is 5.78 Å². The second-order valence-corrected chi connectivity index (χ2v) is 6.64. The topological polar surface area (TPSA) is 17.1 Å². The first-order valence-electron chi connectivity index (χ1n) is 6.76. The first-order chi connectivity index (χ1) is 7.25. The van der Waals surface area contributed by atoms with Crippen LogP contribution in [0.25, 0.3) is 0 Å².